The van der Waals surface area contributed by atoms with Gasteiger partial charge >= 0.3 is 0 Å². The first-order valence-corrected chi connectivity index (χ1v) is 5.96. The van der Waals surface area contributed by atoms with Gasteiger partial charge in [0, 0.05) is 38.3 Å². The molecule has 82 valence electrons. The molecule has 0 aromatic carbocycles. The molecule has 2 heterocycles. The van der Waals surface area contributed by atoms with Crippen molar-refractivity contribution in [2.45, 2.75) is 32.4 Å². The van der Waals surface area contributed by atoms with E-state index in [0.29, 0.717) is 0 Å². The second kappa shape index (κ2) is 4.60. The van der Waals surface area contributed by atoms with Crippen LogP contribution < -0.4 is 5.32 Å². The van der Waals surface area contributed by atoms with E-state index in [1.165, 1.54) is 45.7 Å². The lowest BCUT2D eigenvalue weighted by molar-refractivity contribution is 0.145. The molecule has 0 aromatic rings. The molecule has 2 saturated heterocycles. The number of nitrogens with one attached hydrogen (secondary N) is 1. The van der Waals surface area contributed by atoms with E-state index in [-0.39, 0.29) is 0 Å². The molecule has 2 fully saturated rings. The highest BCUT2D eigenvalue weighted by atomic mass is 15.3. The van der Waals surface area contributed by atoms with Crippen LogP contribution in [0.25, 0.3) is 0 Å². The van der Waals surface area contributed by atoms with E-state index in [0.717, 1.165) is 12.1 Å². The molecule has 0 atom stereocenters. The van der Waals surface area contributed by atoms with Crippen molar-refractivity contribution in [3.63, 3.8) is 0 Å². The third-order valence-corrected chi connectivity index (χ3v) is 3.57. The predicted molar refractivity (Wildman–Crippen MR) is 59.6 cm³/mol. The molecule has 2 rings (SSSR count). The quantitative estimate of drug-likeness (QED) is 0.690. The molecule has 0 aliphatic carbocycles. The van der Waals surface area contributed by atoms with Crippen LogP contribution in [-0.4, -0.2) is 61.2 Å². The van der Waals surface area contributed by atoms with E-state index in [1.807, 2.05) is 0 Å². The first-order chi connectivity index (χ1) is 6.77. The average Bonchev–Trinajstić information content (AvgIpc) is 2.26. The van der Waals surface area contributed by atoms with Gasteiger partial charge in [-0.15, -0.1) is 0 Å². The van der Waals surface area contributed by atoms with E-state index in [9.17, 15) is 0 Å². The third kappa shape index (κ3) is 2.27. The first kappa shape index (κ1) is 10.4. The minimum Gasteiger partial charge on any atom is -0.314 e. The topological polar surface area (TPSA) is 18.5 Å². The van der Waals surface area contributed by atoms with Crippen molar-refractivity contribution in [3.05, 3.63) is 0 Å². The lowest BCUT2D eigenvalue weighted by Gasteiger charge is -2.37. The predicted octanol–water partition coefficient (Wildman–Crippen LogP) is 0.374. The summed E-state index contributed by atoms with van der Waals surface area (Å²) in [7, 11) is 0. The van der Waals surface area contributed by atoms with E-state index in [1.54, 1.807) is 0 Å². The summed E-state index contributed by atoms with van der Waals surface area (Å²) >= 11 is 0. The van der Waals surface area contributed by atoms with Crippen LogP contribution >= 0.6 is 0 Å². The van der Waals surface area contributed by atoms with Crippen LogP contribution in [0.5, 0.6) is 0 Å². The summed E-state index contributed by atoms with van der Waals surface area (Å²) in [6, 6.07) is 1.55. The minimum absolute atomic E-state index is 0.717. The van der Waals surface area contributed by atoms with Crippen LogP contribution in [-0.2, 0) is 0 Å². The Morgan fingerprint density at radius 3 is 2.43 bits per heavy atom. The molecule has 14 heavy (non-hydrogen) atoms. The van der Waals surface area contributed by atoms with Crippen LogP contribution in [0.1, 0.15) is 20.3 Å². The Morgan fingerprint density at radius 2 is 1.86 bits per heavy atom. The van der Waals surface area contributed by atoms with Crippen molar-refractivity contribution in [1.82, 2.24) is 15.1 Å². The monoisotopic (exact) mass is 197 g/mol. The van der Waals surface area contributed by atoms with E-state index >= 15 is 0 Å². The molecule has 2 aliphatic heterocycles. The average molecular weight is 197 g/mol. The SMILES string of the molecule is CC(C)N1CCCN(C2CNC2)CC1. The molecule has 0 amide bonds. The van der Waals surface area contributed by atoms with Gasteiger partial charge in [0.1, 0.15) is 0 Å². The smallest absolute Gasteiger partial charge is 0.0345 e. The lowest BCUT2D eigenvalue weighted by Crippen LogP contribution is -2.57. The number of rotatable bonds is 2. The van der Waals surface area contributed by atoms with Crippen molar-refractivity contribution in [2.75, 3.05) is 39.3 Å². The molecule has 0 radical (unpaired) electrons. The third-order valence-electron chi connectivity index (χ3n) is 3.57. The highest BCUT2D eigenvalue weighted by Gasteiger charge is 2.26. The summed E-state index contributed by atoms with van der Waals surface area (Å²) < 4.78 is 0. The van der Waals surface area contributed by atoms with Crippen molar-refractivity contribution in [3.8, 4) is 0 Å². The fourth-order valence-electron chi connectivity index (χ4n) is 2.37. The van der Waals surface area contributed by atoms with Crippen molar-refractivity contribution in [2.24, 2.45) is 0 Å². The lowest BCUT2D eigenvalue weighted by atomic mass is 10.1. The molecule has 3 nitrogen and oxygen atoms in total. The zero-order valence-electron chi connectivity index (χ0n) is 9.50. The largest absolute Gasteiger partial charge is 0.314 e. The molecule has 2 aliphatic rings. The van der Waals surface area contributed by atoms with Gasteiger partial charge in [-0.1, -0.05) is 0 Å². The Hall–Kier alpha value is -0.120. The van der Waals surface area contributed by atoms with Gasteiger partial charge in [-0.2, -0.15) is 0 Å². The Labute approximate surface area is 87.4 Å². The second-order valence-corrected chi connectivity index (χ2v) is 4.83. The summed E-state index contributed by atoms with van der Waals surface area (Å²) in [6.45, 7) is 12.1. The number of nitrogens with zero attached hydrogens (tertiary/aromatic N) is 2. The highest BCUT2D eigenvalue weighted by molar-refractivity contribution is 4.86. The second-order valence-electron chi connectivity index (χ2n) is 4.83. The fourth-order valence-corrected chi connectivity index (χ4v) is 2.37. The molecule has 1 N–H and O–H groups in total. The van der Waals surface area contributed by atoms with Crippen LogP contribution in [0.2, 0.25) is 0 Å². The van der Waals surface area contributed by atoms with Gasteiger partial charge in [-0.3, -0.25) is 9.80 Å². The van der Waals surface area contributed by atoms with Gasteiger partial charge in [-0.25, -0.2) is 0 Å². The normalized spacial score (nSPS) is 27.6. The van der Waals surface area contributed by atoms with Crippen molar-refractivity contribution >= 4 is 0 Å². The molecule has 0 saturated carbocycles. The molecule has 0 unspecified atom stereocenters. The minimum atomic E-state index is 0.717. The maximum absolute atomic E-state index is 3.36. The van der Waals surface area contributed by atoms with Crippen LogP contribution in [0.15, 0.2) is 0 Å². The molecule has 3 heteroatoms. The summed E-state index contributed by atoms with van der Waals surface area (Å²) in [6.07, 6.45) is 1.34. The number of hydrogen-bond donors (Lipinski definition) is 1. The summed E-state index contributed by atoms with van der Waals surface area (Å²) in [5.41, 5.74) is 0. The van der Waals surface area contributed by atoms with E-state index in [2.05, 4.69) is 29.0 Å². The Morgan fingerprint density at radius 1 is 1.07 bits per heavy atom. The first-order valence-electron chi connectivity index (χ1n) is 5.96. The maximum atomic E-state index is 3.36. The fraction of sp³-hybridized carbons (Fsp3) is 1.00. The Balaban J connectivity index is 1.81. The molecule has 0 spiro atoms. The maximum Gasteiger partial charge on any atom is 0.0345 e. The summed E-state index contributed by atoms with van der Waals surface area (Å²) in [5, 5.41) is 3.36. The molecule has 0 bridgehead atoms. The van der Waals surface area contributed by atoms with Crippen molar-refractivity contribution in [1.29, 1.82) is 0 Å². The van der Waals surface area contributed by atoms with Gasteiger partial charge in [0.15, 0.2) is 0 Å². The van der Waals surface area contributed by atoms with E-state index < -0.39 is 0 Å². The summed E-state index contributed by atoms with van der Waals surface area (Å²) in [4.78, 5) is 5.27. The Bertz CT molecular complexity index is 177. The van der Waals surface area contributed by atoms with Crippen LogP contribution in [0.4, 0.5) is 0 Å². The molecule has 0 aromatic heterocycles. The van der Waals surface area contributed by atoms with Crippen molar-refractivity contribution < 1.29 is 0 Å². The molecular formula is C11H23N3. The van der Waals surface area contributed by atoms with Gasteiger partial charge < -0.3 is 5.32 Å². The van der Waals surface area contributed by atoms with Gasteiger partial charge in [-0.05, 0) is 33.4 Å². The van der Waals surface area contributed by atoms with Gasteiger partial charge in [0.2, 0.25) is 0 Å². The van der Waals surface area contributed by atoms with E-state index in [4.69, 9.17) is 0 Å². The molecular weight excluding hydrogens is 174 g/mol. The van der Waals surface area contributed by atoms with Gasteiger partial charge in [0.25, 0.3) is 0 Å². The zero-order valence-corrected chi connectivity index (χ0v) is 9.50. The Kier molecular flexibility index (Phi) is 3.42. The van der Waals surface area contributed by atoms with Crippen LogP contribution in [0.3, 0.4) is 0 Å². The van der Waals surface area contributed by atoms with Gasteiger partial charge in [0.05, 0.1) is 0 Å². The van der Waals surface area contributed by atoms with Crippen LogP contribution in [0, 0.1) is 0 Å². The number of hydrogen-bond acceptors (Lipinski definition) is 3. The zero-order chi connectivity index (χ0) is 9.97. The standard InChI is InChI=1S/C11H23N3/c1-10(2)13-4-3-5-14(7-6-13)11-8-12-9-11/h10-12H,3-9H2,1-2H3. The summed E-state index contributed by atoms with van der Waals surface area (Å²) in [5.74, 6) is 0. The highest BCUT2D eigenvalue weighted by Crippen LogP contribution is 2.11.